The van der Waals surface area contributed by atoms with Crippen LogP contribution in [0.1, 0.15) is 23.7 Å². The summed E-state index contributed by atoms with van der Waals surface area (Å²) in [5.74, 6) is 2.74. The molecule has 1 aliphatic heterocycles. The average molecular weight is 398 g/mol. The van der Waals surface area contributed by atoms with Gasteiger partial charge in [0.2, 0.25) is 0 Å². The Balaban J connectivity index is 1.21. The van der Waals surface area contributed by atoms with Gasteiger partial charge in [0.25, 0.3) is 0 Å². The second-order valence-corrected chi connectivity index (χ2v) is 9.01. The maximum absolute atomic E-state index is 12.5. The van der Waals surface area contributed by atoms with Crippen LogP contribution in [0, 0.1) is 25.7 Å². The van der Waals surface area contributed by atoms with E-state index in [9.17, 15) is 4.79 Å². The number of aromatic amines is 1. The van der Waals surface area contributed by atoms with Crippen molar-refractivity contribution < 1.29 is 4.79 Å². The Morgan fingerprint density at radius 3 is 2.75 bits per heavy atom. The van der Waals surface area contributed by atoms with Gasteiger partial charge in [-0.2, -0.15) is 0 Å². The lowest BCUT2D eigenvalue weighted by molar-refractivity contribution is 0.218. The molecule has 2 fully saturated rings. The molecule has 0 aromatic carbocycles. The van der Waals surface area contributed by atoms with Crippen LogP contribution in [0.5, 0.6) is 0 Å². The van der Waals surface area contributed by atoms with Crippen molar-refractivity contribution in [1.82, 2.24) is 24.8 Å². The molecule has 8 nitrogen and oxygen atoms in total. The summed E-state index contributed by atoms with van der Waals surface area (Å²) in [6, 6.07) is 2.39. The number of hydrogen-bond donors (Lipinski definition) is 3. The normalized spacial score (nSPS) is 23.9. The van der Waals surface area contributed by atoms with Crippen LogP contribution in [-0.4, -0.2) is 50.0 Å². The summed E-state index contributed by atoms with van der Waals surface area (Å²) in [6.45, 7) is 5.48. The topological polar surface area (TPSA) is 98.8 Å². The van der Waals surface area contributed by atoms with E-state index in [-0.39, 0.29) is 6.03 Å². The summed E-state index contributed by atoms with van der Waals surface area (Å²) < 4.78 is 0. The van der Waals surface area contributed by atoms with Crippen LogP contribution in [0.3, 0.4) is 0 Å². The molecule has 0 bridgehead atoms. The second kappa shape index (κ2) is 6.73. The number of amides is 2. The van der Waals surface area contributed by atoms with Crippen LogP contribution in [0.25, 0.3) is 11.0 Å². The monoisotopic (exact) mass is 397 g/mol. The first-order chi connectivity index (χ1) is 13.5. The molecule has 1 saturated carbocycles. The molecule has 1 saturated heterocycles. The van der Waals surface area contributed by atoms with Gasteiger partial charge in [-0.25, -0.2) is 19.7 Å². The molecule has 3 N–H and O–H groups in total. The third-order valence-corrected chi connectivity index (χ3v) is 6.59. The first kappa shape index (κ1) is 17.4. The second-order valence-electron chi connectivity index (χ2n) is 7.77. The SMILES string of the molecule is Cc1nc(N[C@@H]2C[C@@H]3CN(C(=O)Nc4cnc(C)s4)C[C@@H]3C2)c2cc[nH]c2n1. The van der Waals surface area contributed by atoms with E-state index >= 15 is 0 Å². The number of urea groups is 1. The van der Waals surface area contributed by atoms with E-state index in [1.807, 2.05) is 31.0 Å². The highest BCUT2D eigenvalue weighted by Crippen LogP contribution is 2.40. The highest BCUT2D eigenvalue weighted by Gasteiger charge is 2.42. The van der Waals surface area contributed by atoms with Crippen molar-refractivity contribution in [2.75, 3.05) is 23.7 Å². The van der Waals surface area contributed by atoms with Gasteiger partial charge >= 0.3 is 6.03 Å². The minimum Gasteiger partial charge on any atom is -0.367 e. The number of anilines is 2. The summed E-state index contributed by atoms with van der Waals surface area (Å²) in [7, 11) is 0. The van der Waals surface area contributed by atoms with E-state index in [2.05, 4.69) is 30.6 Å². The Kier molecular flexibility index (Phi) is 4.19. The number of nitrogens with zero attached hydrogens (tertiary/aromatic N) is 4. The number of fused-ring (bicyclic) bond motifs is 2. The van der Waals surface area contributed by atoms with Crippen molar-refractivity contribution in [3.05, 3.63) is 29.3 Å². The Hall–Kier alpha value is -2.68. The number of likely N-dealkylation sites (tertiary alicyclic amines) is 1. The lowest BCUT2D eigenvalue weighted by Gasteiger charge is -2.20. The molecule has 3 aromatic rings. The lowest BCUT2D eigenvalue weighted by Crippen LogP contribution is -2.34. The largest absolute Gasteiger partial charge is 0.367 e. The molecular formula is C19H23N7OS. The van der Waals surface area contributed by atoms with E-state index < -0.39 is 0 Å². The number of rotatable bonds is 3. The van der Waals surface area contributed by atoms with Crippen LogP contribution in [-0.2, 0) is 0 Å². The van der Waals surface area contributed by atoms with E-state index in [0.717, 1.165) is 58.6 Å². The molecule has 0 spiro atoms. The fourth-order valence-electron chi connectivity index (χ4n) is 4.54. The number of H-pyrrole nitrogens is 1. The van der Waals surface area contributed by atoms with Gasteiger partial charge in [0.05, 0.1) is 16.6 Å². The quantitative estimate of drug-likeness (QED) is 0.629. The minimum absolute atomic E-state index is 0.0111. The number of carbonyl (C=O) groups excluding carboxylic acids is 1. The zero-order chi connectivity index (χ0) is 19.3. The highest BCUT2D eigenvalue weighted by atomic mass is 32.1. The molecule has 1 aliphatic carbocycles. The Labute approximate surface area is 166 Å². The van der Waals surface area contributed by atoms with Crippen molar-refractivity contribution in [2.45, 2.75) is 32.7 Å². The summed E-state index contributed by atoms with van der Waals surface area (Å²) in [6.07, 6.45) is 5.74. The van der Waals surface area contributed by atoms with Gasteiger partial charge < -0.3 is 15.2 Å². The summed E-state index contributed by atoms with van der Waals surface area (Å²) in [4.78, 5) is 30.9. The molecule has 28 heavy (non-hydrogen) atoms. The number of hydrogen-bond acceptors (Lipinski definition) is 6. The molecule has 2 aliphatic rings. The smallest absolute Gasteiger partial charge is 0.322 e. The Bertz CT molecular complexity index is 1010. The van der Waals surface area contributed by atoms with E-state index in [1.54, 1.807) is 6.20 Å². The molecule has 9 heteroatoms. The van der Waals surface area contributed by atoms with Crippen LogP contribution < -0.4 is 10.6 Å². The molecule has 5 rings (SSSR count). The number of aromatic nitrogens is 4. The van der Waals surface area contributed by atoms with Crippen molar-refractivity contribution in [2.24, 2.45) is 11.8 Å². The third-order valence-electron chi connectivity index (χ3n) is 5.76. The molecular weight excluding hydrogens is 374 g/mol. The van der Waals surface area contributed by atoms with Gasteiger partial charge in [0.1, 0.15) is 22.3 Å². The van der Waals surface area contributed by atoms with Crippen molar-refractivity contribution in [3.63, 3.8) is 0 Å². The van der Waals surface area contributed by atoms with E-state index in [4.69, 9.17) is 0 Å². The van der Waals surface area contributed by atoms with Gasteiger partial charge in [-0.05, 0) is 44.6 Å². The van der Waals surface area contributed by atoms with Crippen molar-refractivity contribution in [3.8, 4) is 0 Å². The van der Waals surface area contributed by atoms with Crippen LogP contribution in [0.2, 0.25) is 0 Å². The Morgan fingerprint density at radius 1 is 1.25 bits per heavy atom. The maximum Gasteiger partial charge on any atom is 0.322 e. The van der Waals surface area contributed by atoms with Gasteiger partial charge in [-0.1, -0.05) is 0 Å². The maximum atomic E-state index is 12.5. The number of thiazole rings is 1. The van der Waals surface area contributed by atoms with Crippen LogP contribution >= 0.6 is 11.3 Å². The van der Waals surface area contributed by atoms with Gasteiger partial charge in [0.15, 0.2) is 0 Å². The molecule has 0 radical (unpaired) electrons. The standard InChI is InChI=1S/C19H23N7OS/c1-10-22-17-15(3-4-20-17)18(23-10)24-14-5-12-8-26(9-13(12)6-14)19(27)25-16-7-21-11(2)28-16/h3-4,7,12-14H,5-6,8-9H2,1-2H3,(H,25,27)(H2,20,22,23,24)/t12-,13+,14-. The zero-order valence-electron chi connectivity index (χ0n) is 15.9. The lowest BCUT2D eigenvalue weighted by atomic mass is 10.0. The molecule has 3 aromatic heterocycles. The van der Waals surface area contributed by atoms with Gasteiger partial charge in [-0.15, -0.1) is 11.3 Å². The molecule has 4 heterocycles. The molecule has 146 valence electrons. The average Bonchev–Trinajstić information content (AvgIpc) is 3.38. The van der Waals surface area contributed by atoms with E-state index in [0.29, 0.717) is 17.9 Å². The van der Waals surface area contributed by atoms with E-state index in [1.165, 1.54) is 11.3 Å². The molecule has 2 amide bonds. The number of aryl methyl sites for hydroxylation is 2. The molecule has 3 atom stereocenters. The van der Waals surface area contributed by atoms with Crippen molar-refractivity contribution >= 4 is 39.2 Å². The fraction of sp³-hybridized carbons (Fsp3) is 0.474. The minimum atomic E-state index is -0.0111. The number of carbonyl (C=O) groups is 1. The van der Waals surface area contributed by atoms with Gasteiger partial charge in [-0.3, -0.25) is 5.32 Å². The predicted molar refractivity (Wildman–Crippen MR) is 110 cm³/mol. The third kappa shape index (κ3) is 3.19. The highest BCUT2D eigenvalue weighted by molar-refractivity contribution is 7.15. The van der Waals surface area contributed by atoms with Crippen LogP contribution in [0.15, 0.2) is 18.5 Å². The summed E-state index contributed by atoms with van der Waals surface area (Å²) in [5.41, 5.74) is 0.870. The Morgan fingerprint density at radius 2 is 2.04 bits per heavy atom. The first-order valence-electron chi connectivity index (χ1n) is 9.62. The summed E-state index contributed by atoms with van der Waals surface area (Å²) >= 11 is 1.51. The summed E-state index contributed by atoms with van der Waals surface area (Å²) in [5, 5.41) is 9.41. The van der Waals surface area contributed by atoms with Gasteiger partial charge in [0, 0.05) is 25.3 Å². The fourth-order valence-corrected chi connectivity index (χ4v) is 5.21. The van der Waals surface area contributed by atoms with Crippen molar-refractivity contribution in [1.29, 1.82) is 0 Å². The first-order valence-corrected chi connectivity index (χ1v) is 10.4. The zero-order valence-corrected chi connectivity index (χ0v) is 16.7. The predicted octanol–water partition coefficient (Wildman–Crippen LogP) is 3.39. The van der Waals surface area contributed by atoms with Crippen LogP contribution in [0.4, 0.5) is 15.6 Å². The molecule has 0 unspecified atom stereocenters. The number of nitrogens with one attached hydrogen (secondary N) is 3.